The Kier molecular flexibility index (Phi) is 7.85. The Balaban J connectivity index is 1.66. The fourth-order valence-electron chi connectivity index (χ4n) is 3.29. The minimum Gasteiger partial charge on any atom is -0.452 e. The Hall–Kier alpha value is -2.93. The summed E-state index contributed by atoms with van der Waals surface area (Å²) in [7, 11) is -3.86. The molecule has 0 radical (unpaired) electrons. The number of hydrogen-bond acceptors (Lipinski definition) is 6. The van der Waals surface area contributed by atoms with Crippen molar-refractivity contribution < 1.29 is 22.7 Å². The lowest BCUT2D eigenvalue weighted by Gasteiger charge is -2.21. The third-order valence-corrected chi connectivity index (χ3v) is 7.36. The number of rotatable bonds is 6. The second-order valence-corrected chi connectivity index (χ2v) is 9.59. The van der Waals surface area contributed by atoms with Crippen molar-refractivity contribution >= 4 is 39.2 Å². The second-order valence-electron chi connectivity index (χ2n) is 7.28. The topological polar surface area (TPSA) is 117 Å². The summed E-state index contributed by atoms with van der Waals surface area (Å²) in [6, 6.07) is 12.0. The van der Waals surface area contributed by atoms with E-state index in [1.165, 1.54) is 22.5 Å². The van der Waals surface area contributed by atoms with Gasteiger partial charge in [-0.25, -0.2) is 13.2 Å². The number of hydrogen-bond donors (Lipinski definition) is 1. The summed E-state index contributed by atoms with van der Waals surface area (Å²) in [5, 5.41) is 11.4. The van der Waals surface area contributed by atoms with E-state index in [4.69, 9.17) is 21.6 Å². The Morgan fingerprint density at radius 3 is 2.34 bits per heavy atom. The van der Waals surface area contributed by atoms with Gasteiger partial charge in [0.05, 0.1) is 22.2 Å². The second kappa shape index (κ2) is 10.6. The SMILES string of the molecule is N#Cc1ccc(NC(=O)COC(=O)c2ccc(Cl)c(S(=O)(=O)N3CCCCCC3)c2)cc1. The van der Waals surface area contributed by atoms with Gasteiger partial charge in [-0.05, 0) is 55.3 Å². The van der Waals surface area contributed by atoms with Crippen molar-refractivity contribution in [1.82, 2.24) is 4.31 Å². The molecule has 0 aliphatic carbocycles. The predicted molar refractivity (Wildman–Crippen MR) is 119 cm³/mol. The normalized spacial score (nSPS) is 14.8. The Bertz CT molecular complexity index is 1140. The Labute approximate surface area is 191 Å². The molecule has 2 aromatic carbocycles. The first-order valence-corrected chi connectivity index (χ1v) is 11.9. The maximum Gasteiger partial charge on any atom is 0.338 e. The van der Waals surface area contributed by atoms with E-state index in [0.717, 1.165) is 25.7 Å². The Morgan fingerprint density at radius 1 is 1.06 bits per heavy atom. The van der Waals surface area contributed by atoms with Gasteiger partial charge in [-0.1, -0.05) is 24.4 Å². The summed E-state index contributed by atoms with van der Waals surface area (Å²) < 4.78 is 32.5. The molecule has 1 aliphatic heterocycles. The number of amides is 1. The van der Waals surface area contributed by atoms with Crippen molar-refractivity contribution in [3.8, 4) is 6.07 Å². The van der Waals surface area contributed by atoms with Gasteiger partial charge in [0.15, 0.2) is 6.61 Å². The number of sulfonamides is 1. The third kappa shape index (κ3) is 5.85. The van der Waals surface area contributed by atoms with E-state index in [2.05, 4.69) is 5.32 Å². The molecule has 1 fully saturated rings. The van der Waals surface area contributed by atoms with Gasteiger partial charge in [0.1, 0.15) is 4.90 Å². The lowest BCUT2D eigenvalue weighted by molar-refractivity contribution is -0.119. The number of nitriles is 1. The first kappa shape index (κ1) is 23.7. The number of carbonyl (C=O) groups is 2. The number of nitrogens with zero attached hydrogens (tertiary/aromatic N) is 2. The number of benzene rings is 2. The van der Waals surface area contributed by atoms with Gasteiger partial charge < -0.3 is 10.1 Å². The van der Waals surface area contributed by atoms with Gasteiger partial charge in [0.2, 0.25) is 10.0 Å². The van der Waals surface area contributed by atoms with Crippen molar-refractivity contribution in [2.75, 3.05) is 25.0 Å². The maximum atomic E-state index is 13.1. The molecule has 0 spiro atoms. The van der Waals surface area contributed by atoms with E-state index in [1.807, 2.05) is 6.07 Å². The highest BCUT2D eigenvalue weighted by molar-refractivity contribution is 7.89. The Morgan fingerprint density at radius 2 is 1.72 bits per heavy atom. The van der Waals surface area contributed by atoms with Gasteiger partial charge in [-0.3, -0.25) is 4.79 Å². The molecule has 0 atom stereocenters. The summed E-state index contributed by atoms with van der Waals surface area (Å²) in [6.07, 6.45) is 3.48. The molecule has 1 N–H and O–H groups in total. The quantitative estimate of drug-likeness (QED) is 0.638. The lowest BCUT2D eigenvalue weighted by Crippen LogP contribution is -2.32. The highest BCUT2D eigenvalue weighted by Crippen LogP contribution is 2.28. The van der Waals surface area contributed by atoms with Crippen LogP contribution in [0, 0.1) is 11.3 Å². The predicted octanol–water partition coefficient (Wildman–Crippen LogP) is 3.57. The largest absolute Gasteiger partial charge is 0.452 e. The molecule has 2 aromatic rings. The van der Waals surface area contributed by atoms with E-state index in [0.29, 0.717) is 24.3 Å². The van der Waals surface area contributed by atoms with Gasteiger partial charge in [-0.2, -0.15) is 9.57 Å². The molecule has 1 saturated heterocycles. The first-order chi connectivity index (χ1) is 15.3. The van der Waals surface area contributed by atoms with Crippen LogP contribution in [0.4, 0.5) is 5.69 Å². The molecule has 32 heavy (non-hydrogen) atoms. The van der Waals surface area contributed by atoms with E-state index in [1.54, 1.807) is 24.3 Å². The van der Waals surface area contributed by atoms with E-state index >= 15 is 0 Å². The summed E-state index contributed by atoms with van der Waals surface area (Å²) in [6.45, 7) is 0.251. The standard InChI is InChI=1S/C22H22ClN3O5S/c23-19-10-7-17(13-20(19)32(29,30)26-11-3-1-2-4-12-26)22(28)31-15-21(27)25-18-8-5-16(14-24)6-9-18/h5-10,13H,1-4,11-12,15H2,(H,25,27). The molecule has 0 aromatic heterocycles. The number of ether oxygens (including phenoxy) is 1. The van der Waals surface area contributed by atoms with Crippen molar-refractivity contribution in [1.29, 1.82) is 5.26 Å². The minimum atomic E-state index is -3.86. The summed E-state index contributed by atoms with van der Waals surface area (Å²) in [4.78, 5) is 24.3. The van der Waals surface area contributed by atoms with E-state index < -0.39 is 28.5 Å². The van der Waals surface area contributed by atoms with E-state index in [9.17, 15) is 18.0 Å². The summed E-state index contributed by atoms with van der Waals surface area (Å²) >= 11 is 6.14. The molecule has 0 unspecified atom stereocenters. The molecule has 1 amide bonds. The van der Waals surface area contributed by atoms with Crippen LogP contribution in [0.3, 0.4) is 0 Å². The molecule has 0 saturated carbocycles. The van der Waals surface area contributed by atoms with Crippen LogP contribution in [0.2, 0.25) is 5.02 Å². The van der Waals surface area contributed by atoms with E-state index in [-0.39, 0.29) is 15.5 Å². The van der Waals surface area contributed by atoms with Crippen molar-refractivity contribution in [2.45, 2.75) is 30.6 Å². The van der Waals surface area contributed by atoms with Gasteiger partial charge in [0, 0.05) is 18.8 Å². The van der Waals surface area contributed by atoms with Crippen LogP contribution < -0.4 is 5.32 Å². The maximum absolute atomic E-state index is 13.1. The van der Waals surface area contributed by atoms with Crippen LogP contribution in [0.15, 0.2) is 47.4 Å². The highest BCUT2D eigenvalue weighted by atomic mass is 35.5. The third-order valence-electron chi connectivity index (χ3n) is 4.98. The fourth-order valence-corrected chi connectivity index (χ4v) is 5.31. The highest BCUT2D eigenvalue weighted by Gasteiger charge is 2.28. The fraction of sp³-hybridized carbons (Fsp3) is 0.318. The van der Waals surface area contributed by atoms with Crippen molar-refractivity contribution in [3.63, 3.8) is 0 Å². The number of carbonyl (C=O) groups excluding carboxylic acids is 2. The van der Waals surface area contributed by atoms with Crippen LogP contribution in [0.25, 0.3) is 0 Å². The number of esters is 1. The molecule has 10 heteroatoms. The smallest absolute Gasteiger partial charge is 0.338 e. The monoisotopic (exact) mass is 475 g/mol. The average molecular weight is 476 g/mol. The van der Waals surface area contributed by atoms with Crippen LogP contribution in [0.5, 0.6) is 0 Å². The molecular weight excluding hydrogens is 454 g/mol. The van der Waals surface area contributed by atoms with Crippen LogP contribution in [-0.4, -0.2) is 44.3 Å². The summed E-state index contributed by atoms with van der Waals surface area (Å²) in [5.41, 5.74) is 0.874. The molecule has 8 nitrogen and oxygen atoms in total. The zero-order valence-corrected chi connectivity index (χ0v) is 18.8. The molecule has 168 valence electrons. The van der Waals surface area contributed by atoms with Crippen LogP contribution >= 0.6 is 11.6 Å². The molecular formula is C22H22ClN3O5S. The minimum absolute atomic E-state index is 0.0179. The number of nitrogens with one attached hydrogen (secondary N) is 1. The van der Waals surface area contributed by atoms with Crippen LogP contribution in [0.1, 0.15) is 41.6 Å². The van der Waals surface area contributed by atoms with Gasteiger partial charge in [-0.15, -0.1) is 0 Å². The van der Waals surface area contributed by atoms with Gasteiger partial charge in [0.25, 0.3) is 5.91 Å². The van der Waals surface area contributed by atoms with Crippen molar-refractivity contribution in [3.05, 3.63) is 58.6 Å². The van der Waals surface area contributed by atoms with Gasteiger partial charge >= 0.3 is 5.97 Å². The first-order valence-electron chi connectivity index (χ1n) is 10.1. The zero-order chi connectivity index (χ0) is 23.1. The number of anilines is 1. The van der Waals surface area contributed by atoms with Crippen molar-refractivity contribution in [2.24, 2.45) is 0 Å². The molecule has 1 aliphatic rings. The van der Waals surface area contributed by atoms with Crippen LogP contribution in [-0.2, 0) is 19.6 Å². The number of halogens is 1. The lowest BCUT2D eigenvalue weighted by atomic mass is 10.2. The molecule has 1 heterocycles. The molecule has 0 bridgehead atoms. The molecule has 3 rings (SSSR count). The zero-order valence-electron chi connectivity index (χ0n) is 17.2. The average Bonchev–Trinajstić information content (AvgIpc) is 3.08. The summed E-state index contributed by atoms with van der Waals surface area (Å²) in [5.74, 6) is -1.42.